The van der Waals surface area contributed by atoms with Crippen molar-refractivity contribution in [1.29, 1.82) is 0 Å². The SMILES string of the molecule is CN(C)C(C(=O)N1CCCCNCC(F)(F)C1)c1cccc(Cl)c1. The van der Waals surface area contributed by atoms with Gasteiger partial charge in [0.1, 0.15) is 6.04 Å². The molecule has 1 unspecified atom stereocenters. The van der Waals surface area contributed by atoms with Gasteiger partial charge in [-0.15, -0.1) is 0 Å². The van der Waals surface area contributed by atoms with Gasteiger partial charge in [0.25, 0.3) is 5.92 Å². The molecule has 0 aliphatic carbocycles. The molecule has 1 aliphatic heterocycles. The lowest BCUT2D eigenvalue weighted by Gasteiger charge is -2.33. The van der Waals surface area contributed by atoms with Gasteiger partial charge in [-0.1, -0.05) is 23.7 Å². The Labute approximate surface area is 146 Å². The monoisotopic (exact) mass is 359 g/mol. The zero-order chi connectivity index (χ0) is 17.7. The molecule has 0 radical (unpaired) electrons. The normalized spacial score (nSPS) is 20.2. The van der Waals surface area contributed by atoms with Gasteiger partial charge in [0.05, 0.1) is 13.1 Å². The van der Waals surface area contributed by atoms with Crippen molar-refractivity contribution >= 4 is 17.5 Å². The minimum Gasteiger partial charge on any atom is -0.335 e. The lowest BCUT2D eigenvalue weighted by atomic mass is 10.0. The van der Waals surface area contributed by atoms with Crippen molar-refractivity contribution in [3.8, 4) is 0 Å². The molecule has 0 bridgehead atoms. The highest BCUT2D eigenvalue weighted by Crippen LogP contribution is 2.26. The number of carbonyl (C=O) groups excluding carboxylic acids is 1. The summed E-state index contributed by atoms with van der Waals surface area (Å²) in [5.74, 6) is -3.26. The Bertz CT molecular complexity index is 569. The molecule has 0 aromatic heterocycles. The Balaban J connectivity index is 2.26. The third-order valence-electron chi connectivity index (χ3n) is 4.06. The molecule has 1 amide bonds. The van der Waals surface area contributed by atoms with Gasteiger partial charge in [0, 0.05) is 11.6 Å². The lowest BCUT2D eigenvalue weighted by Crippen LogP contribution is -2.48. The Morgan fingerprint density at radius 3 is 2.79 bits per heavy atom. The molecule has 2 rings (SSSR count). The Kier molecular flexibility index (Phi) is 6.54. The number of halogens is 3. The van der Waals surface area contributed by atoms with E-state index in [1.807, 2.05) is 0 Å². The average Bonchev–Trinajstić information content (AvgIpc) is 2.57. The second kappa shape index (κ2) is 8.23. The van der Waals surface area contributed by atoms with E-state index in [1.165, 1.54) is 4.90 Å². The zero-order valence-electron chi connectivity index (χ0n) is 14.1. The van der Waals surface area contributed by atoms with E-state index in [1.54, 1.807) is 43.3 Å². The summed E-state index contributed by atoms with van der Waals surface area (Å²) in [5.41, 5.74) is 0.707. The van der Waals surface area contributed by atoms with Crippen molar-refractivity contribution in [2.45, 2.75) is 24.8 Å². The number of nitrogens with zero attached hydrogens (tertiary/aromatic N) is 2. The molecule has 1 aromatic carbocycles. The van der Waals surface area contributed by atoms with E-state index in [9.17, 15) is 13.6 Å². The number of alkyl halides is 2. The third kappa shape index (κ3) is 5.13. The standard InChI is InChI=1S/C17H24ClF2N3O/c1-22(2)15(13-6-5-7-14(18)10-13)16(24)23-9-4-3-8-21-11-17(19,20)12-23/h5-7,10,15,21H,3-4,8-9,11-12H2,1-2H3. The third-order valence-corrected chi connectivity index (χ3v) is 4.30. The lowest BCUT2D eigenvalue weighted by molar-refractivity contribution is -0.141. The van der Waals surface area contributed by atoms with E-state index in [0.29, 0.717) is 30.1 Å². The van der Waals surface area contributed by atoms with Gasteiger partial charge in [-0.05, 0) is 51.2 Å². The summed E-state index contributed by atoms with van der Waals surface area (Å²) >= 11 is 6.03. The maximum atomic E-state index is 14.1. The van der Waals surface area contributed by atoms with Crippen molar-refractivity contribution in [2.24, 2.45) is 0 Å². The van der Waals surface area contributed by atoms with E-state index in [0.717, 1.165) is 6.42 Å². The number of hydrogen-bond donors (Lipinski definition) is 1. The number of amides is 1. The number of hydrogen-bond acceptors (Lipinski definition) is 3. The summed E-state index contributed by atoms with van der Waals surface area (Å²) in [6, 6.07) is 6.36. The number of rotatable bonds is 3. The molecular weight excluding hydrogens is 336 g/mol. The van der Waals surface area contributed by atoms with Crippen LogP contribution in [0.5, 0.6) is 0 Å². The van der Waals surface area contributed by atoms with Gasteiger partial charge in [-0.25, -0.2) is 8.78 Å². The van der Waals surface area contributed by atoms with Gasteiger partial charge in [-0.2, -0.15) is 0 Å². The summed E-state index contributed by atoms with van der Waals surface area (Å²) in [7, 11) is 3.53. The molecule has 1 aliphatic rings. The first-order valence-electron chi connectivity index (χ1n) is 8.09. The molecule has 1 heterocycles. The van der Waals surface area contributed by atoms with E-state index in [2.05, 4.69) is 5.32 Å². The van der Waals surface area contributed by atoms with Crippen LogP contribution in [0, 0.1) is 0 Å². The molecule has 0 saturated carbocycles. The minimum absolute atomic E-state index is 0.316. The van der Waals surface area contributed by atoms with Crippen LogP contribution in [0.4, 0.5) is 8.78 Å². The summed E-state index contributed by atoms with van der Waals surface area (Å²) in [6.07, 6.45) is 1.47. The Morgan fingerprint density at radius 1 is 1.38 bits per heavy atom. The first-order valence-corrected chi connectivity index (χ1v) is 8.47. The van der Waals surface area contributed by atoms with Gasteiger partial charge in [0.15, 0.2) is 0 Å². The highest BCUT2D eigenvalue weighted by Gasteiger charge is 2.37. The number of carbonyl (C=O) groups is 1. The van der Waals surface area contributed by atoms with Crippen molar-refractivity contribution < 1.29 is 13.6 Å². The molecule has 134 valence electrons. The summed E-state index contributed by atoms with van der Waals surface area (Å²) in [5, 5.41) is 3.27. The van der Waals surface area contributed by atoms with Crippen LogP contribution in [0.15, 0.2) is 24.3 Å². The molecule has 0 spiro atoms. The molecule has 1 aromatic rings. The zero-order valence-corrected chi connectivity index (χ0v) is 14.8. The molecule has 4 nitrogen and oxygen atoms in total. The van der Waals surface area contributed by atoms with E-state index in [-0.39, 0.29) is 5.91 Å². The fourth-order valence-electron chi connectivity index (χ4n) is 2.94. The fourth-order valence-corrected chi connectivity index (χ4v) is 3.14. The van der Waals surface area contributed by atoms with E-state index in [4.69, 9.17) is 11.6 Å². The van der Waals surface area contributed by atoms with Crippen LogP contribution in [0.25, 0.3) is 0 Å². The topological polar surface area (TPSA) is 35.6 Å². The maximum Gasteiger partial charge on any atom is 0.277 e. The summed E-state index contributed by atoms with van der Waals surface area (Å²) < 4.78 is 28.2. The summed E-state index contributed by atoms with van der Waals surface area (Å²) in [4.78, 5) is 16.0. The van der Waals surface area contributed by atoms with Crippen molar-refractivity contribution in [2.75, 3.05) is 40.3 Å². The Hall–Kier alpha value is -1.24. The van der Waals surface area contributed by atoms with Crippen LogP contribution in [-0.2, 0) is 4.79 Å². The molecule has 1 N–H and O–H groups in total. The van der Waals surface area contributed by atoms with Crippen molar-refractivity contribution in [1.82, 2.24) is 15.1 Å². The predicted molar refractivity (Wildman–Crippen MR) is 91.5 cm³/mol. The van der Waals surface area contributed by atoms with Gasteiger partial charge in [-0.3, -0.25) is 9.69 Å². The van der Waals surface area contributed by atoms with Crippen LogP contribution in [0.2, 0.25) is 5.02 Å². The first-order chi connectivity index (χ1) is 11.3. The van der Waals surface area contributed by atoms with Crippen molar-refractivity contribution in [3.63, 3.8) is 0 Å². The highest BCUT2D eigenvalue weighted by molar-refractivity contribution is 6.30. The van der Waals surface area contributed by atoms with Crippen LogP contribution in [0.1, 0.15) is 24.4 Å². The number of benzene rings is 1. The van der Waals surface area contributed by atoms with E-state index < -0.39 is 25.1 Å². The number of nitrogens with one attached hydrogen (secondary N) is 1. The minimum atomic E-state index is -2.94. The average molecular weight is 360 g/mol. The van der Waals surface area contributed by atoms with Crippen LogP contribution >= 0.6 is 11.6 Å². The second-order valence-corrected chi connectivity index (χ2v) is 6.86. The molecular formula is C17H24ClF2N3O. The van der Waals surface area contributed by atoms with Gasteiger partial charge < -0.3 is 10.2 Å². The second-order valence-electron chi connectivity index (χ2n) is 6.42. The Morgan fingerprint density at radius 2 is 2.12 bits per heavy atom. The molecule has 1 saturated heterocycles. The van der Waals surface area contributed by atoms with E-state index >= 15 is 0 Å². The fraction of sp³-hybridized carbons (Fsp3) is 0.588. The quantitative estimate of drug-likeness (QED) is 0.901. The van der Waals surface area contributed by atoms with Crippen molar-refractivity contribution in [3.05, 3.63) is 34.9 Å². The predicted octanol–water partition coefficient (Wildman–Crippen LogP) is 2.79. The van der Waals surface area contributed by atoms with Crippen LogP contribution < -0.4 is 5.32 Å². The maximum absolute atomic E-state index is 14.1. The molecule has 24 heavy (non-hydrogen) atoms. The smallest absolute Gasteiger partial charge is 0.277 e. The number of likely N-dealkylation sites (N-methyl/N-ethyl adjacent to an activating group) is 1. The molecule has 1 atom stereocenters. The largest absolute Gasteiger partial charge is 0.335 e. The highest BCUT2D eigenvalue weighted by atomic mass is 35.5. The van der Waals surface area contributed by atoms with Crippen LogP contribution in [0.3, 0.4) is 0 Å². The molecule has 1 fully saturated rings. The first kappa shape index (κ1) is 19.1. The molecule has 7 heteroatoms. The van der Waals surface area contributed by atoms with Gasteiger partial charge in [0.2, 0.25) is 5.91 Å². The van der Waals surface area contributed by atoms with Gasteiger partial charge >= 0.3 is 0 Å². The summed E-state index contributed by atoms with van der Waals surface area (Å²) in [6.45, 7) is -0.0889. The van der Waals surface area contributed by atoms with Crippen LogP contribution in [-0.4, -0.2) is 61.9 Å².